The molecule has 104 valence electrons. The van der Waals surface area contributed by atoms with Crippen LogP contribution in [-0.2, 0) is 6.54 Å². The van der Waals surface area contributed by atoms with Crippen LogP contribution < -0.4 is 0 Å². The van der Waals surface area contributed by atoms with Crippen molar-refractivity contribution in [2.45, 2.75) is 19.4 Å². The summed E-state index contributed by atoms with van der Waals surface area (Å²) in [6.45, 7) is 3.31. The molecule has 1 N–H and O–H groups in total. The highest BCUT2D eigenvalue weighted by atomic mass is 16.5. The van der Waals surface area contributed by atoms with Gasteiger partial charge >= 0.3 is 5.97 Å². The van der Waals surface area contributed by atoms with Gasteiger partial charge in [0.25, 0.3) is 0 Å². The summed E-state index contributed by atoms with van der Waals surface area (Å²) in [5.41, 5.74) is 2.03. The van der Waals surface area contributed by atoms with Gasteiger partial charge in [-0.05, 0) is 31.5 Å². The average molecular weight is 272 g/mol. The van der Waals surface area contributed by atoms with Gasteiger partial charge in [0.15, 0.2) is 11.5 Å². The summed E-state index contributed by atoms with van der Waals surface area (Å²) in [6, 6.07) is 9.43. The molecule has 0 bridgehead atoms. The van der Waals surface area contributed by atoms with Gasteiger partial charge in [-0.2, -0.15) is 0 Å². The molecule has 0 saturated carbocycles. The zero-order valence-electron chi connectivity index (χ0n) is 11.1. The lowest BCUT2D eigenvalue weighted by molar-refractivity contribution is 0.0686. The molecule has 1 aromatic heterocycles. The maximum atomic E-state index is 10.8. The number of aromatic nitrogens is 1. The van der Waals surface area contributed by atoms with Crippen LogP contribution in [0.4, 0.5) is 0 Å². The fourth-order valence-electron chi connectivity index (χ4n) is 2.49. The predicted octanol–water partition coefficient (Wildman–Crippen LogP) is 2.64. The molecule has 1 aliphatic heterocycles. The number of carboxylic acid groups (broad SMARTS) is 1. The quantitative estimate of drug-likeness (QED) is 0.926. The van der Waals surface area contributed by atoms with Gasteiger partial charge in [-0.1, -0.05) is 29.4 Å². The van der Waals surface area contributed by atoms with E-state index < -0.39 is 5.97 Å². The highest BCUT2D eigenvalue weighted by molar-refractivity contribution is 5.86. The van der Waals surface area contributed by atoms with Crippen molar-refractivity contribution in [3.63, 3.8) is 0 Å². The van der Waals surface area contributed by atoms with Crippen molar-refractivity contribution >= 4 is 5.97 Å². The van der Waals surface area contributed by atoms with Crippen LogP contribution in [0.15, 0.2) is 34.9 Å². The molecule has 3 rings (SSSR count). The van der Waals surface area contributed by atoms with E-state index in [1.54, 1.807) is 0 Å². The summed E-state index contributed by atoms with van der Waals surface area (Å²) in [5, 5.41) is 12.3. The molecular weight excluding hydrogens is 256 g/mol. The Morgan fingerprint density at radius 1 is 1.25 bits per heavy atom. The van der Waals surface area contributed by atoms with Crippen LogP contribution in [0.2, 0.25) is 0 Å². The lowest BCUT2D eigenvalue weighted by Gasteiger charge is -2.14. The summed E-state index contributed by atoms with van der Waals surface area (Å²) in [7, 11) is 0. The lowest BCUT2D eigenvalue weighted by atomic mass is 10.1. The topological polar surface area (TPSA) is 66.6 Å². The van der Waals surface area contributed by atoms with Crippen molar-refractivity contribution in [1.82, 2.24) is 10.1 Å². The van der Waals surface area contributed by atoms with Gasteiger partial charge in [-0.15, -0.1) is 0 Å². The van der Waals surface area contributed by atoms with E-state index in [4.69, 9.17) is 9.63 Å². The highest BCUT2D eigenvalue weighted by Crippen LogP contribution is 2.22. The molecular formula is C15H16N2O3. The number of hydrogen-bond acceptors (Lipinski definition) is 4. The van der Waals surface area contributed by atoms with E-state index in [1.165, 1.54) is 37.6 Å². The Bertz CT molecular complexity index is 598. The molecule has 1 aliphatic rings. The minimum absolute atomic E-state index is 0.0684. The fraction of sp³-hybridized carbons (Fsp3) is 0.333. The molecule has 0 unspecified atom stereocenters. The van der Waals surface area contributed by atoms with E-state index in [9.17, 15) is 4.79 Å². The Hall–Kier alpha value is -2.14. The SMILES string of the molecule is O=C(O)c1cc(-c2ccc(CN3CCCC3)cc2)on1. The van der Waals surface area contributed by atoms with E-state index in [1.807, 2.05) is 12.1 Å². The van der Waals surface area contributed by atoms with Gasteiger partial charge in [0.2, 0.25) is 0 Å². The zero-order chi connectivity index (χ0) is 13.9. The molecule has 1 fully saturated rings. The van der Waals surface area contributed by atoms with Crippen LogP contribution in [-0.4, -0.2) is 34.2 Å². The summed E-state index contributed by atoms with van der Waals surface area (Å²) < 4.78 is 5.04. The number of carboxylic acids is 1. The highest BCUT2D eigenvalue weighted by Gasteiger charge is 2.13. The number of hydrogen-bond donors (Lipinski definition) is 1. The first kappa shape index (κ1) is 12.9. The van der Waals surface area contributed by atoms with Crippen molar-refractivity contribution in [2.75, 3.05) is 13.1 Å². The van der Waals surface area contributed by atoms with E-state index in [0.717, 1.165) is 12.1 Å². The van der Waals surface area contributed by atoms with Crippen LogP contribution in [0, 0.1) is 0 Å². The molecule has 0 spiro atoms. The Kier molecular flexibility index (Phi) is 3.52. The van der Waals surface area contributed by atoms with E-state index >= 15 is 0 Å². The first-order valence-corrected chi connectivity index (χ1v) is 6.74. The van der Waals surface area contributed by atoms with Gasteiger partial charge < -0.3 is 9.63 Å². The summed E-state index contributed by atoms with van der Waals surface area (Å²) in [5.74, 6) is -0.597. The van der Waals surface area contributed by atoms with Crippen molar-refractivity contribution < 1.29 is 14.4 Å². The monoisotopic (exact) mass is 272 g/mol. The van der Waals surface area contributed by atoms with Crippen molar-refractivity contribution in [2.24, 2.45) is 0 Å². The third-order valence-corrected chi connectivity index (χ3v) is 3.57. The molecule has 1 saturated heterocycles. The Morgan fingerprint density at radius 2 is 1.95 bits per heavy atom. The molecule has 5 heteroatoms. The molecule has 5 nitrogen and oxygen atoms in total. The van der Waals surface area contributed by atoms with Crippen molar-refractivity contribution in [3.8, 4) is 11.3 Å². The van der Waals surface area contributed by atoms with Gasteiger partial charge in [0.1, 0.15) is 0 Å². The van der Waals surface area contributed by atoms with Gasteiger partial charge in [0, 0.05) is 18.2 Å². The van der Waals surface area contributed by atoms with E-state index in [2.05, 4.69) is 22.2 Å². The van der Waals surface area contributed by atoms with Gasteiger partial charge in [-0.25, -0.2) is 4.79 Å². The maximum Gasteiger partial charge on any atom is 0.358 e. The van der Waals surface area contributed by atoms with Crippen LogP contribution in [0.5, 0.6) is 0 Å². The van der Waals surface area contributed by atoms with Crippen molar-refractivity contribution in [3.05, 3.63) is 41.6 Å². The molecule has 0 radical (unpaired) electrons. The minimum atomic E-state index is -1.08. The van der Waals surface area contributed by atoms with Crippen LogP contribution in [0.25, 0.3) is 11.3 Å². The number of benzene rings is 1. The van der Waals surface area contributed by atoms with E-state index in [-0.39, 0.29) is 5.69 Å². The Labute approximate surface area is 116 Å². The van der Waals surface area contributed by atoms with Gasteiger partial charge in [0.05, 0.1) is 0 Å². The van der Waals surface area contributed by atoms with E-state index in [0.29, 0.717) is 5.76 Å². The number of nitrogens with zero attached hydrogens (tertiary/aromatic N) is 2. The maximum absolute atomic E-state index is 10.8. The second kappa shape index (κ2) is 5.46. The molecule has 0 atom stereocenters. The minimum Gasteiger partial charge on any atom is -0.476 e. The molecule has 2 aromatic rings. The average Bonchev–Trinajstić information content (AvgIpc) is 3.10. The number of rotatable bonds is 4. The normalized spacial score (nSPS) is 15.6. The summed E-state index contributed by atoms with van der Waals surface area (Å²) >= 11 is 0. The molecule has 0 aliphatic carbocycles. The van der Waals surface area contributed by atoms with Crippen LogP contribution in [0.3, 0.4) is 0 Å². The first-order valence-electron chi connectivity index (χ1n) is 6.74. The smallest absolute Gasteiger partial charge is 0.358 e. The molecule has 2 heterocycles. The van der Waals surface area contributed by atoms with Gasteiger partial charge in [-0.3, -0.25) is 4.90 Å². The first-order chi connectivity index (χ1) is 9.72. The predicted molar refractivity (Wildman–Crippen MR) is 73.4 cm³/mol. The summed E-state index contributed by atoms with van der Waals surface area (Å²) in [6.07, 6.45) is 2.57. The number of aromatic carboxylic acids is 1. The van der Waals surface area contributed by atoms with Crippen molar-refractivity contribution in [1.29, 1.82) is 0 Å². The van der Waals surface area contributed by atoms with Crippen LogP contribution in [0.1, 0.15) is 28.9 Å². The largest absolute Gasteiger partial charge is 0.476 e. The second-order valence-corrected chi connectivity index (χ2v) is 5.06. The lowest BCUT2D eigenvalue weighted by Crippen LogP contribution is -2.18. The number of carbonyl (C=O) groups is 1. The number of likely N-dealkylation sites (tertiary alicyclic amines) is 1. The third-order valence-electron chi connectivity index (χ3n) is 3.57. The standard InChI is InChI=1S/C15H16N2O3/c18-15(19)13-9-14(20-16-13)12-5-3-11(4-6-12)10-17-7-1-2-8-17/h3-6,9H,1-2,7-8,10H2,(H,18,19). The third kappa shape index (κ3) is 2.72. The fourth-order valence-corrected chi connectivity index (χ4v) is 2.49. The molecule has 0 amide bonds. The summed E-state index contributed by atoms with van der Waals surface area (Å²) in [4.78, 5) is 13.2. The second-order valence-electron chi connectivity index (χ2n) is 5.06. The molecule has 1 aromatic carbocycles. The Balaban J connectivity index is 1.72. The zero-order valence-corrected chi connectivity index (χ0v) is 11.1. The Morgan fingerprint density at radius 3 is 2.55 bits per heavy atom. The molecule has 20 heavy (non-hydrogen) atoms. The van der Waals surface area contributed by atoms with Crippen LogP contribution >= 0.6 is 0 Å².